The van der Waals surface area contributed by atoms with Gasteiger partial charge in [0, 0.05) is 17.8 Å². The SMILES string of the molecule is CC(C)CC(N)C(=O)NC(CCCCN)C(=O)O.Cl.Cl.Nc1ccc([N+](=O)[O-])cc1. The lowest BCUT2D eigenvalue weighted by molar-refractivity contribution is -0.384. The van der Waals surface area contributed by atoms with Crippen LogP contribution >= 0.6 is 24.8 Å². The smallest absolute Gasteiger partial charge is 0.326 e. The van der Waals surface area contributed by atoms with Crippen molar-refractivity contribution in [2.45, 2.75) is 51.6 Å². The second-order valence-corrected chi connectivity index (χ2v) is 6.77. The summed E-state index contributed by atoms with van der Waals surface area (Å²) in [5.41, 5.74) is 16.9. The van der Waals surface area contributed by atoms with Gasteiger partial charge in [-0.25, -0.2) is 4.79 Å². The third kappa shape index (κ3) is 14.8. The number of nitro groups is 1. The van der Waals surface area contributed by atoms with Crippen molar-refractivity contribution >= 4 is 48.1 Å². The molecule has 10 nitrogen and oxygen atoms in total. The summed E-state index contributed by atoms with van der Waals surface area (Å²) in [4.78, 5) is 32.3. The van der Waals surface area contributed by atoms with Gasteiger partial charge < -0.3 is 27.6 Å². The highest BCUT2D eigenvalue weighted by Crippen LogP contribution is 2.12. The van der Waals surface area contributed by atoms with Gasteiger partial charge >= 0.3 is 5.97 Å². The summed E-state index contributed by atoms with van der Waals surface area (Å²) < 4.78 is 0. The number of hydrogen-bond donors (Lipinski definition) is 5. The van der Waals surface area contributed by atoms with Crippen molar-refractivity contribution < 1.29 is 19.6 Å². The fourth-order valence-electron chi connectivity index (χ4n) is 2.24. The number of carbonyl (C=O) groups is 2. The fourth-order valence-corrected chi connectivity index (χ4v) is 2.24. The number of carbonyl (C=O) groups excluding carboxylic acids is 1. The van der Waals surface area contributed by atoms with E-state index in [1.165, 1.54) is 24.3 Å². The molecule has 0 saturated heterocycles. The van der Waals surface area contributed by atoms with E-state index in [2.05, 4.69) is 5.32 Å². The highest BCUT2D eigenvalue weighted by molar-refractivity contribution is 5.86. The Balaban J connectivity index is -0.000000517. The Hall–Kier alpha value is -2.14. The molecule has 174 valence electrons. The Kier molecular flexibility index (Phi) is 19.2. The molecule has 0 saturated carbocycles. The number of non-ortho nitro benzene ring substituents is 1. The summed E-state index contributed by atoms with van der Waals surface area (Å²) in [6.45, 7) is 4.44. The lowest BCUT2D eigenvalue weighted by atomic mass is 10.0. The van der Waals surface area contributed by atoms with Gasteiger partial charge in [-0.3, -0.25) is 14.9 Å². The van der Waals surface area contributed by atoms with Gasteiger partial charge in [-0.05, 0) is 50.3 Å². The van der Waals surface area contributed by atoms with Crippen LogP contribution in [0.15, 0.2) is 24.3 Å². The number of anilines is 1. The van der Waals surface area contributed by atoms with E-state index >= 15 is 0 Å². The first kappa shape index (κ1) is 32.5. The molecule has 0 spiro atoms. The Morgan fingerprint density at radius 2 is 1.70 bits per heavy atom. The lowest BCUT2D eigenvalue weighted by Crippen LogP contribution is -2.48. The zero-order valence-corrected chi connectivity index (χ0v) is 18.8. The minimum atomic E-state index is -1.03. The number of amides is 1. The zero-order valence-electron chi connectivity index (χ0n) is 17.2. The van der Waals surface area contributed by atoms with E-state index in [1.807, 2.05) is 13.8 Å². The van der Waals surface area contributed by atoms with Crippen molar-refractivity contribution in [3.05, 3.63) is 34.4 Å². The molecule has 1 rings (SSSR count). The second kappa shape index (κ2) is 17.7. The van der Waals surface area contributed by atoms with Gasteiger partial charge in [0.25, 0.3) is 5.69 Å². The van der Waals surface area contributed by atoms with Gasteiger partial charge in [0.1, 0.15) is 6.04 Å². The van der Waals surface area contributed by atoms with Crippen LogP contribution in [0.3, 0.4) is 0 Å². The Bertz CT molecular complexity index is 632. The average molecular weight is 470 g/mol. The third-order valence-electron chi connectivity index (χ3n) is 3.73. The number of nitro benzene ring substituents is 1. The van der Waals surface area contributed by atoms with Crippen LogP contribution in [0.1, 0.15) is 39.5 Å². The Labute approximate surface area is 188 Å². The van der Waals surface area contributed by atoms with Crippen LogP contribution < -0.4 is 22.5 Å². The number of rotatable bonds is 10. The van der Waals surface area contributed by atoms with E-state index in [0.717, 1.165) is 6.42 Å². The molecule has 0 fully saturated rings. The predicted molar refractivity (Wildman–Crippen MR) is 122 cm³/mol. The maximum Gasteiger partial charge on any atom is 0.326 e. The van der Waals surface area contributed by atoms with Crippen LogP contribution in [0, 0.1) is 16.0 Å². The average Bonchev–Trinajstić information content (AvgIpc) is 2.61. The summed E-state index contributed by atoms with van der Waals surface area (Å²) in [5.74, 6) is -1.13. The summed E-state index contributed by atoms with van der Waals surface area (Å²) in [6, 6.07) is 4.21. The first-order chi connectivity index (χ1) is 13.1. The number of unbranched alkanes of at least 4 members (excludes halogenated alkanes) is 1. The summed E-state index contributed by atoms with van der Waals surface area (Å²) in [6.07, 6.45) is 2.35. The van der Waals surface area contributed by atoms with Gasteiger partial charge in [-0.1, -0.05) is 13.8 Å². The van der Waals surface area contributed by atoms with Gasteiger partial charge in [-0.2, -0.15) is 0 Å². The Morgan fingerprint density at radius 1 is 1.17 bits per heavy atom. The van der Waals surface area contributed by atoms with Crippen LogP contribution in [0.25, 0.3) is 0 Å². The quantitative estimate of drug-likeness (QED) is 0.149. The molecule has 0 aliphatic carbocycles. The van der Waals surface area contributed by atoms with Gasteiger partial charge in [0.2, 0.25) is 5.91 Å². The topological polar surface area (TPSA) is 188 Å². The van der Waals surface area contributed by atoms with Crippen LogP contribution in [0.5, 0.6) is 0 Å². The first-order valence-corrected chi connectivity index (χ1v) is 9.07. The van der Waals surface area contributed by atoms with Crippen molar-refractivity contribution in [2.24, 2.45) is 17.4 Å². The number of nitrogens with one attached hydrogen (secondary N) is 1. The monoisotopic (exact) mass is 469 g/mol. The number of carboxylic acid groups (broad SMARTS) is 1. The summed E-state index contributed by atoms with van der Waals surface area (Å²) >= 11 is 0. The molecule has 0 heterocycles. The summed E-state index contributed by atoms with van der Waals surface area (Å²) in [7, 11) is 0. The fraction of sp³-hybridized carbons (Fsp3) is 0.556. The molecule has 30 heavy (non-hydrogen) atoms. The van der Waals surface area contributed by atoms with E-state index in [1.54, 1.807) is 0 Å². The number of nitrogen functional groups attached to an aromatic ring is 1. The van der Waals surface area contributed by atoms with Crippen LogP contribution in [0.4, 0.5) is 11.4 Å². The summed E-state index contributed by atoms with van der Waals surface area (Å²) in [5, 5.41) is 21.6. The first-order valence-electron chi connectivity index (χ1n) is 9.07. The molecule has 1 aromatic rings. The predicted octanol–water partition coefficient (Wildman–Crippen LogP) is 2.08. The van der Waals surface area contributed by atoms with Crippen molar-refractivity contribution in [3.8, 4) is 0 Å². The highest BCUT2D eigenvalue weighted by Gasteiger charge is 2.23. The van der Waals surface area contributed by atoms with Gasteiger partial charge in [-0.15, -0.1) is 24.8 Å². The molecule has 2 unspecified atom stereocenters. The zero-order chi connectivity index (χ0) is 21.7. The molecule has 0 aliphatic rings. The number of carboxylic acids is 1. The second-order valence-electron chi connectivity index (χ2n) is 6.77. The number of aliphatic carboxylic acids is 1. The number of nitrogens with zero attached hydrogens (tertiary/aromatic N) is 1. The minimum absolute atomic E-state index is 0. The molecule has 0 bridgehead atoms. The Morgan fingerprint density at radius 3 is 2.10 bits per heavy atom. The molecule has 0 aliphatic heterocycles. The maximum absolute atomic E-state index is 11.7. The van der Waals surface area contributed by atoms with Crippen molar-refractivity contribution in [2.75, 3.05) is 12.3 Å². The van der Waals surface area contributed by atoms with Crippen LogP contribution in [-0.2, 0) is 9.59 Å². The number of halogens is 2. The molecule has 12 heteroatoms. The normalized spacial score (nSPS) is 11.6. The molecule has 8 N–H and O–H groups in total. The van der Waals surface area contributed by atoms with Crippen molar-refractivity contribution in [1.29, 1.82) is 0 Å². The minimum Gasteiger partial charge on any atom is -0.480 e. The van der Waals surface area contributed by atoms with E-state index in [0.29, 0.717) is 37.4 Å². The standard InChI is InChI=1S/C12H25N3O3.C6H6N2O2.2ClH/c1-8(2)7-9(14)11(16)15-10(12(17)18)5-3-4-6-13;7-5-1-3-6(4-2-5)8(9)10;;/h8-10H,3-7,13-14H2,1-2H3,(H,15,16)(H,17,18);1-4H,7H2;2*1H. The van der Waals surface area contributed by atoms with E-state index < -0.39 is 28.9 Å². The van der Waals surface area contributed by atoms with Gasteiger partial charge in [0.05, 0.1) is 11.0 Å². The van der Waals surface area contributed by atoms with Gasteiger partial charge in [0.15, 0.2) is 0 Å². The van der Waals surface area contributed by atoms with Crippen LogP contribution in [-0.4, -0.2) is 40.5 Å². The largest absolute Gasteiger partial charge is 0.480 e. The van der Waals surface area contributed by atoms with Crippen molar-refractivity contribution in [3.63, 3.8) is 0 Å². The third-order valence-corrected chi connectivity index (χ3v) is 3.73. The molecule has 0 aromatic heterocycles. The molecular formula is C18H33Cl2N5O5. The van der Waals surface area contributed by atoms with E-state index in [9.17, 15) is 19.7 Å². The van der Waals surface area contributed by atoms with Crippen molar-refractivity contribution in [1.82, 2.24) is 5.32 Å². The maximum atomic E-state index is 11.7. The number of benzene rings is 1. The molecular weight excluding hydrogens is 437 g/mol. The molecule has 2 atom stereocenters. The number of nitrogens with two attached hydrogens (primary N) is 3. The highest BCUT2D eigenvalue weighted by atomic mass is 35.5. The van der Waals surface area contributed by atoms with E-state index in [4.69, 9.17) is 22.3 Å². The number of hydrogen-bond acceptors (Lipinski definition) is 7. The molecule has 1 amide bonds. The molecule has 0 radical (unpaired) electrons. The lowest BCUT2D eigenvalue weighted by Gasteiger charge is -2.18. The van der Waals surface area contributed by atoms with Crippen LogP contribution in [0.2, 0.25) is 0 Å². The van der Waals surface area contributed by atoms with E-state index in [-0.39, 0.29) is 30.5 Å². The molecule has 1 aromatic carbocycles.